The first-order valence-electron chi connectivity index (χ1n) is 6.95. The summed E-state index contributed by atoms with van der Waals surface area (Å²) in [6.07, 6.45) is 0.300. The zero-order valence-corrected chi connectivity index (χ0v) is 13.4. The Labute approximate surface area is 130 Å². The number of rotatable bonds is 4. The molecule has 0 bridgehead atoms. The molecule has 2 rings (SSSR count). The molecule has 1 aromatic rings. The number of esters is 1. The van der Waals surface area contributed by atoms with Crippen molar-refractivity contribution >= 4 is 21.7 Å². The fourth-order valence-corrected chi connectivity index (χ4v) is 4.40. The van der Waals surface area contributed by atoms with Gasteiger partial charge in [0.05, 0.1) is 24.5 Å². The molecule has 1 fully saturated rings. The largest absolute Gasteiger partial charge is 0.467 e. The summed E-state index contributed by atoms with van der Waals surface area (Å²) in [6.45, 7) is 0. The van der Waals surface area contributed by atoms with Gasteiger partial charge in [0, 0.05) is 7.05 Å². The van der Waals surface area contributed by atoms with E-state index in [-0.39, 0.29) is 17.4 Å². The van der Waals surface area contributed by atoms with E-state index in [0.29, 0.717) is 12.0 Å². The summed E-state index contributed by atoms with van der Waals surface area (Å²) in [7, 11) is -0.391. The van der Waals surface area contributed by atoms with Crippen molar-refractivity contribution in [3.05, 3.63) is 35.9 Å². The Morgan fingerprint density at radius 2 is 1.91 bits per heavy atom. The van der Waals surface area contributed by atoms with Crippen LogP contribution in [0.25, 0.3) is 0 Å². The first-order valence-corrected chi connectivity index (χ1v) is 8.77. The second kappa shape index (κ2) is 6.48. The Morgan fingerprint density at radius 1 is 1.27 bits per heavy atom. The van der Waals surface area contributed by atoms with E-state index >= 15 is 0 Å². The molecule has 0 saturated carbocycles. The summed E-state index contributed by atoms with van der Waals surface area (Å²) < 4.78 is 27.9. The highest BCUT2D eigenvalue weighted by molar-refractivity contribution is 7.91. The Hall–Kier alpha value is -1.89. The number of nitrogens with zero attached hydrogens (tertiary/aromatic N) is 1. The minimum absolute atomic E-state index is 0.0193. The average Bonchev–Trinajstić information content (AvgIpc) is 2.87. The van der Waals surface area contributed by atoms with Crippen LogP contribution in [0.3, 0.4) is 0 Å². The fraction of sp³-hybridized carbons (Fsp3) is 0.467. The smallest absolute Gasteiger partial charge is 0.333 e. The van der Waals surface area contributed by atoms with Crippen LogP contribution >= 0.6 is 0 Å². The maximum Gasteiger partial charge on any atom is 0.333 e. The lowest BCUT2D eigenvalue weighted by Crippen LogP contribution is -2.40. The highest BCUT2D eigenvalue weighted by Gasteiger charge is 2.38. The van der Waals surface area contributed by atoms with Gasteiger partial charge in [-0.25, -0.2) is 13.2 Å². The fourth-order valence-electron chi connectivity index (χ4n) is 2.67. The molecule has 0 spiro atoms. The molecular formula is C15H19NO5S. The monoisotopic (exact) mass is 325 g/mol. The molecule has 7 heteroatoms. The molecule has 0 aromatic heterocycles. The van der Waals surface area contributed by atoms with Crippen LogP contribution in [-0.4, -0.2) is 50.9 Å². The molecule has 6 nitrogen and oxygen atoms in total. The van der Waals surface area contributed by atoms with E-state index in [1.165, 1.54) is 19.1 Å². The molecule has 0 unspecified atom stereocenters. The van der Waals surface area contributed by atoms with Crippen molar-refractivity contribution in [2.75, 3.05) is 25.7 Å². The number of amides is 1. The molecular weight excluding hydrogens is 306 g/mol. The maximum absolute atomic E-state index is 12.5. The van der Waals surface area contributed by atoms with Gasteiger partial charge in [0.2, 0.25) is 5.91 Å². The maximum atomic E-state index is 12.5. The SMILES string of the molecule is COC(=O)[C@H](c1ccccc1)N(C)C(=O)[C@@H]1CCS(=O)(=O)C1. The number of methoxy groups -OCH3 is 1. The first-order chi connectivity index (χ1) is 10.4. The number of carbonyl (C=O) groups excluding carboxylic acids is 2. The molecule has 120 valence electrons. The van der Waals surface area contributed by atoms with Crippen molar-refractivity contribution in [3.8, 4) is 0 Å². The van der Waals surface area contributed by atoms with Crippen LogP contribution in [0.15, 0.2) is 30.3 Å². The summed E-state index contributed by atoms with van der Waals surface area (Å²) in [6, 6.07) is 7.94. The summed E-state index contributed by atoms with van der Waals surface area (Å²) in [5, 5.41) is 0. The van der Waals surface area contributed by atoms with Gasteiger partial charge < -0.3 is 9.64 Å². The molecule has 0 radical (unpaired) electrons. The average molecular weight is 325 g/mol. The molecule has 1 heterocycles. The number of ether oxygens (including phenoxy) is 1. The molecule has 22 heavy (non-hydrogen) atoms. The summed E-state index contributed by atoms with van der Waals surface area (Å²) >= 11 is 0. The third-order valence-corrected chi connectivity index (χ3v) is 5.62. The van der Waals surface area contributed by atoms with E-state index in [1.807, 2.05) is 6.07 Å². The molecule has 1 aromatic carbocycles. The minimum Gasteiger partial charge on any atom is -0.467 e. The molecule has 1 amide bonds. The standard InChI is InChI=1S/C15H19NO5S/c1-16(14(17)12-8-9-22(19,20)10-12)13(15(18)21-2)11-6-4-3-5-7-11/h3-7,12-13H,8-10H2,1-2H3/t12-,13+/m1/s1. The minimum atomic E-state index is -3.15. The lowest BCUT2D eigenvalue weighted by molar-refractivity contribution is -0.153. The van der Waals surface area contributed by atoms with Gasteiger partial charge in [-0.1, -0.05) is 30.3 Å². The number of sulfone groups is 1. The van der Waals surface area contributed by atoms with Gasteiger partial charge in [-0.05, 0) is 12.0 Å². The van der Waals surface area contributed by atoms with Crippen molar-refractivity contribution in [3.63, 3.8) is 0 Å². The van der Waals surface area contributed by atoms with E-state index < -0.39 is 27.8 Å². The molecule has 1 aliphatic rings. The zero-order chi connectivity index (χ0) is 16.3. The normalized spacial score (nSPS) is 21.1. The zero-order valence-electron chi connectivity index (χ0n) is 12.6. The van der Waals surface area contributed by atoms with Gasteiger partial charge in [0.1, 0.15) is 0 Å². The molecule has 2 atom stereocenters. The van der Waals surface area contributed by atoms with Crippen LogP contribution < -0.4 is 0 Å². The van der Waals surface area contributed by atoms with Crippen LogP contribution in [0, 0.1) is 5.92 Å². The molecule has 1 aliphatic heterocycles. The summed E-state index contributed by atoms with van der Waals surface area (Å²) in [5.74, 6) is -1.63. The van der Waals surface area contributed by atoms with E-state index in [4.69, 9.17) is 4.74 Å². The summed E-state index contributed by atoms with van der Waals surface area (Å²) in [4.78, 5) is 25.9. The van der Waals surface area contributed by atoms with Gasteiger partial charge in [0.25, 0.3) is 0 Å². The Balaban J connectivity index is 2.24. The van der Waals surface area contributed by atoms with Crippen molar-refractivity contribution < 1.29 is 22.7 Å². The second-order valence-corrected chi connectivity index (χ2v) is 7.61. The van der Waals surface area contributed by atoms with Gasteiger partial charge in [-0.2, -0.15) is 0 Å². The van der Waals surface area contributed by atoms with Crippen LogP contribution in [0.1, 0.15) is 18.0 Å². The van der Waals surface area contributed by atoms with E-state index in [2.05, 4.69) is 0 Å². The number of benzene rings is 1. The predicted octanol–water partition coefficient (Wildman–Crippen LogP) is 0.794. The van der Waals surface area contributed by atoms with Gasteiger partial charge in [0.15, 0.2) is 15.9 Å². The molecule has 0 aliphatic carbocycles. The Bertz CT molecular complexity index is 656. The van der Waals surface area contributed by atoms with Crippen LogP contribution in [0.5, 0.6) is 0 Å². The number of carbonyl (C=O) groups is 2. The Morgan fingerprint density at radius 3 is 2.41 bits per heavy atom. The van der Waals surface area contributed by atoms with Crippen LogP contribution in [0.2, 0.25) is 0 Å². The summed E-state index contributed by atoms with van der Waals surface area (Å²) in [5.41, 5.74) is 0.631. The highest BCUT2D eigenvalue weighted by atomic mass is 32.2. The van der Waals surface area contributed by atoms with Gasteiger partial charge in [-0.3, -0.25) is 4.79 Å². The van der Waals surface area contributed by atoms with Crippen LogP contribution in [-0.2, 0) is 24.2 Å². The third kappa shape index (κ3) is 3.47. The predicted molar refractivity (Wildman–Crippen MR) is 80.7 cm³/mol. The lowest BCUT2D eigenvalue weighted by atomic mass is 10.0. The third-order valence-electron chi connectivity index (χ3n) is 3.86. The van der Waals surface area contributed by atoms with Crippen molar-refractivity contribution in [2.24, 2.45) is 5.92 Å². The van der Waals surface area contributed by atoms with Gasteiger partial charge in [-0.15, -0.1) is 0 Å². The highest BCUT2D eigenvalue weighted by Crippen LogP contribution is 2.26. The van der Waals surface area contributed by atoms with Gasteiger partial charge >= 0.3 is 5.97 Å². The topological polar surface area (TPSA) is 80.8 Å². The molecule has 1 saturated heterocycles. The van der Waals surface area contributed by atoms with E-state index in [0.717, 1.165) is 0 Å². The Kier molecular flexibility index (Phi) is 4.85. The quantitative estimate of drug-likeness (QED) is 0.765. The number of hydrogen-bond acceptors (Lipinski definition) is 5. The van der Waals surface area contributed by atoms with E-state index in [9.17, 15) is 18.0 Å². The number of likely N-dealkylation sites (N-methyl/N-ethyl adjacent to an activating group) is 1. The number of hydrogen-bond donors (Lipinski definition) is 0. The van der Waals surface area contributed by atoms with Crippen molar-refractivity contribution in [1.82, 2.24) is 4.90 Å². The van der Waals surface area contributed by atoms with Crippen molar-refractivity contribution in [2.45, 2.75) is 12.5 Å². The van der Waals surface area contributed by atoms with E-state index in [1.54, 1.807) is 24.3 Å². The van der Waals surface area contributed by atoms with Crippen molar-refractivity contribution in [1.29, 1.82) is 0 Å². The second-order valence-electron chi connectivity index (χ2n) is 5.39. The lowest BCUT2D eigenvalue weighted by Gasteiger charge is -2.28. The first kappa shape index (κ1) is 16.5. The van der Waals surface area contributed by atoms with Crippen LogP contribution in [0.4, 0.5) is 0 Å². The molecule has 0 N–H and O–H groups in total.